The molecule has 2 N–H and O–H groups in total. The summed E-state index contributed by atoms with van der Waals surface area (Å²) in [7, 11) is 1.93. The van der Waals surface area contributed by atoms with E-state index < -0.39 is 0 Å². The topological polar surface area (TPSA) is 43.8 Å². The highest BCUT2D eigenvalue weighted by Crippen LogP contribution is 2.29. The highest BCUT2D eigenvalue weighted by atomic mass is 32.1. The summed E-state index contributed by atoms with van der Waals surface area (Å²) in [6, 6.07) is 4.29. The van der Waals surface area contributed by atoms with Gasteiger partial charge in [0.25, 0.3) is 0 Å². The largest absolute Gasteiger partial charge is 0.326 e. The zero-order valence-electron chi connectivity index (χ0n) is 9.03. The molecule has 0 aliphatic carbocycles. The lowest BCUT2D eigenvalue weighted by Gasteiger charge is -1.94. The normalized spacial score (nSPS) is 10.9. The number of hydrogen-bond donors (Lipinski definition) is 1. The lowest BCUT2D eigenvalue weighted by Crippen LogP contribution is -1.95. The van der Waals surface area contributed by atoms with Gasteiger partial charge in [-0.15, -0.1) is 11.3 Å². The van der Waals surface area contributed by atoms with E-state index in [1.807, 2.05) is 17.9 Å². The molecule has 0 atom stereocenters. The molecule has 2 heterocycles. The van der Waals surface area contributed by atoms with Gasteiger partial charge in [0, 0.05) is 30.2 Å². The summed E-state index contributed by atoms with van der Waals surface area (Å²) in [4.78, 5) is 2.60. The molecular weight excluding hydrogens is 206 g/mol. The molecule has 2 aromatic heterocycles. The van der Waals surface area contributed by atoms with Gasteiger partial charge in [-0.25, -0.2) is 0 Å². The van der Waals surface area contributed by atoms with Gasteiger partial charge in [0.05, 0.1) is 4.88 Å². The molecule has 0 radical (unpaired) electrons. The molecule has 80 valence electrons. The molecule has 2 rings (SSSR count). The summed E-state index contributed by atoms with van der Waals surface area (Å²) >= 11 is 1.80. The quantitative estimate of drug-likeness (QED) is 0.863. The van der Waals surface area contributed by atoms with Crippen LogP contribution in [0.2, 0.25) is 0 Å². The summed E-state index contributed by atoms with van der Waals surface area (Å²) in [6.45, 7) is 2.71. The van der Waals surface area contributed by atoms with E-state index in [4.69, 9.17) is 5.73 Å². The lowest BCUT2D eigenvalue weighted by molar-refractivity contribution is 0.770. The van der Waals surface area contributed by atoms with Crippen LogP contribution >= 0.6 is 11.3 Å². The number of aromatic nitrogens is 2. The van der Waals surface area contributed by atoms with Gasteiger partial charge in [0.1, 0.15) is 5.69 Å². The molecule has 0 aliphatic heterocycles. The first-order valence-corrected chi connectivity index (χ1v) is 5.88. The van der Waals surface area contributed by atoms with Gasteiger partial charge in [-0.3, -0.25) is 4.68 Å². The van der Waals surface area contributed by atoms with E-state index in [-0.39, 0.29) is 0 Å². The first-order valence-electron chi connectivity index (χ1n) is 5.06. The molecule has 0 saturated heterocycles. The second-order valence-corrected chi connectivity index (χ2v) is 4.67. The number of thiophene rings is 1. The van der Waals surface area contributed by atoms with Crippen molar-refractivity contribution in [3.8, 4) is 10.6 Å². The Balaban J connectivity index is 2.43. The minimum absolute atomic E-state index is 0.544. The number of aryl methyl sites for hydroxylation is 2. The van der Waals surface area contributed by atoms with Crippen LogP contribution < -0.4 is 5.73 Å². The fourth-order valence-electron chi connectivity index (χ4n) is 1.59. The fraction of sp³-hybridized carbons (Fsp3) is 0.364. The molecule has 0 aromatic carbocycles. The van der Waals surface area contributed by atoms with Crippen molar-refractivity contribution in [3.63, 3.8) is 0 Å². The average Bonchev–Trinajstić information content (AvgIpc) is 2.82. The Labute approximate surface area is 93.5 Å². The Hall–Kier alpha value is -1.13. The van der Waals surface area contributed by atoms with Crippen molar-refractivity contribution in [3.05, 3.63) is 28.8 Å². The van der Waals surface area contributed by atoms with Crippen LogP contribution in [0.4, 0.5) is 0 Å². The minimum atomic E-state index is 0.544. The Bertz CT molecular complexity index is 456. The minimum Gasteiger partial charge on any atom is -0.326 e. The van der Waals surface area contributed by atoms with E-state index in [0.717, 1.165) is 17.7 Å². The molecule has 3 nitrogen and oxygen atoms in total. The van der Waals surface area contributed by atoms with Gasteiger partial charge >= 0.3 is 0 Å². The summed E-state index contributed by atoms with van der Waals surface area (Å²) in [5.41, 5.74) is 7.84. The predicted octanol–water partition coefficient (Wildman–Crippen LogP) is 2.17. The van der Waals surface area contributed by atoms with Crippen molar-refractivity contribution in [2.75, 3.05) is 0 Å². The highest BCUT2D eigenvalue weighted by Gasteiger charge is 2.10. The van der Waals surface area contributed by atoms with Crippen LogP contribution in [0, 0.1) is 0 Å². The van der Waals surface area contributed by atoms with E-state index in [9.17, 15) is 0 Å². The summed E-state index contributed by atoms with van der Waals surface area (Å²) < 4.78 is 1.82. The third-order valence-corrected chi connectivity index (χ3v) is 3.60. The molecule has 0 unspecified atom stereocenters. The Morgan fingerprint density at radius 3 is 2.87 bits per heavy atom. The standard InChI is InChI=1S/C11H15N3S/c1-3-9-4-5-10(15-9)11-8(6-12)7-14(2)13-11/h4-5,7H,3,6,12H2,1-2H3. The maximum absolute atomic E-state index is 5.69. The van der Waals surface area contributed by atoms with Crippen LogP contribution in [-0.2, 0) is 20.0 Å². The van der Waals surface area contributed by atoms with Crippen LogP contribution in [0.5, 0.6) is 0 Å². The molecule has 0 spiro atoms. The van der Waals surface area contributed by atoms with E-state index in [1.165, 1.54) is 9.75 Å². The highest BCUT2D eigenvalue weighted by molar-refractivity contribution is 7.15. The second-order valence-electron chi connectivity index (χ2n) is 3.50. The molecule has 2 aromatic rings. The maximum atomic E-state index is 5.69. The Morgan fingerprint density at radius 1 is 1.47 bits per heavy atom. The molecule has 0 amide bonds. The number of nitrogens with zero attached hydrogens (tertiary/aromatic N) is 2. The molecular formula is C11H15N3S. The molecule has 15 heavy (non-hydrogen) atoms. The van der Waals surface area contributed by atoms with Crippen LogP contribution in [0.15, 0.2) is 18.3 Å². The van der Waals surface area contributed by atoms with Crippen LogP contribution in [0.3, 0.4) is 0 Å². The van der Waals surface area contributed by atoms with Crippen LogP contribution in [0.25, 0.3) is 10.6 Å². The maximum Gasteiger partial charge on any atom is 0.107 e. The smallest absolute Gasteiger partial charge is 0.107 e. The van der Waals surface area contributed by atoms with E-state index in [2.05, 4.69) is 24.2 Å². The van der Waals surface area contributed by atoms with Gasteiger partial charge in [-0.05, 0) is 18.6 Å². The van der Waals surface area contributed by atoms with Gasteiger partial charge in [-0.1, -0.05) is 6.92 Å². The number of nitrogens with two attached hydrogens (primary N) is 1. The Morgan fingerprint density at radius 2 is 2.27 bits per heavy atom. The van der Waals surface area contributed by atoms with Gasteiger partial charge in [0.2, 0.25) is 0 Å². The predicted molar refractivity (Wildman–Crippen MR) is 63.8 cm³/mol. The number of rotatable bonds is 3. The van der Waals surface area contributed by atoms with E-state index in [1.54, 1.807) is 11.3 Å². The monoisotopic (exact) mass is 221 g/mol. The Kier molecular flexibility index (Phi) is 2.88. The number of hydrogen-bond acceptors (Lipinski definition) is 3. The fourth-order valence-corrected chi connectivity index (χ4v) is 2.56. The molecule has 0 bridgehead atoms. The zero-order chi connectivity index (χ0) is 10.8. The van der Waals surface area contributed by atoms with Gasteiger partial charge in [0.15, 0.2) is 0 Å². The average molecular weight is 221 g/mol. The molecule has 0 fully saturated rings. The van der Waals surface area contributed by atoms with E-state index >= 15 is 0 Å². The summed E-state index contributed by atoms with van der Waals surface area (Å²) in [5.74, 6) is 0. The van der Waals surface area contributed by atoms with Crippen molar-refractivity contribution in [1.82, 2.24) is 9.78 Å². The van der Waals surface area contributed by atoms with Gasteiger partial charge < -0.3 is 5.73 Å². The molecule has 4 heteroatoms. The third kappa shape index (κ3) is 1.96. The zero-order valence-corrected chi connectivity index (χ0v) is 9.84. The van der Waals surface area contributed by atoms with Gasteiger partial charge in [-0.2, -0.15) is 5.10 Å². The molecule has 0 saturated carbocycles. The van der Waals surface area contributed by atoms with Crippen molar-refractivity contribution in [1.29, 1.82) is 0 Å². The van der Waals surface area contributed by atoms with Crippen molar-refractivity contribution < 1.29 is 0 Å². The van der Waals surface area contributed by atoms with Crippen molar-refractivity contribution in [2.24, 2.45) is 12.8 Å². The second kappa shape index (κ2) is 4.16. The molecule has 0 aliphatic rings. The van der Waals surface area contributed by atoms with Crippen molar-refractivity contribution >= 4 is 11.3 Å². The summed E-state index contributed by atoms with van der Waals surface area (Å²) in [5, 5.41) is 4.45. The van der Waals surface area contributed by atoms with Crippen molar-refractivity contribution in [2.45, 2.75) is 19.9 Å². The van der Waals surface area contributed by atoms with Crippen LogP contribution in [0.1, 0.15) is 17.4 Å². The lowest BCUT2D eigenvalue weighted by atomic mass is 10.2. The first kappa shape index (κ1) is 10.4. The third-order valence-electron chi connectivity index (χ3n) is 2.37. The SMILES string of the molecule is CCc1ccc(-c2nn(C)cc2CN)s1. The summed E-state index contributed by atoms with van der Waals surface area (Å²) in [6.07, 6.45) is 3.07. The first-order chi connectivity index (χ1) is 7.24. The van der Waals surface area contributed by atoms with Crippen LogP contribution in [-0.4, -0.2) is 9.78 Å². The van der Waals surface area contributed by atoms with E-state index in [0.29, 0.717) is 6.54 Å².